The lowest BCUT2D eigenvalue weighted by atomic mass is 9.94. The Morgan fingerprint density at radius 3 is 2.79 bits per heavy atom. The molecule has 0 aromatic heterocycles. The Kier molecular flexibility index (Phi) is 2.87. The molecule has 2 rings (SSSR count). The molecule has 14 heavy (non-hydrogen) atoms. The molecule has 1 fully saturated rings. The largest absolute Gasteiger partial charge is 0.330 e. The van der Waals surface area contributed by atoms with Crippen LogP contribution < -0.4 is 5.73 Å². The van der Waals surface area contributed by atoms with Crippen molar-refractivity contribution in [2.75, 3.05) is 6.54 Å². The Morgan fingerprint density at radius 2 is 2.21 bits per heavy atom. The second-order valence-electron chi connectivity index (χ2n) is 4.53. The summed E-state index contributed by atoms with van der Waals surface area (Å²) < 4.78 is 0. The van der Waals surface area contributed by atoms with E-state index in [1.807, 2.05) is 0 Å². The van der Waals surface area contributed by atoms with Crippen LogP contribution in [0.25, 0.3) is 0 Å². The van der Waals surface area contributed by atoms with Crippen molar-refractivity contribution in [2.45, 2.75) is 26.2 Å². The molecular formula is C13H19N. The molecule has 0 radical (unpaired) electrons. The zero-order valence-electron chi connectivity index (χ0n) is 8.87. The van der Waals surface area contributed by atoms with Gasteiger partial charge in [0.15, 0.2) is 0 Å². The maximum atomic E-state index is 5.80. The van der Waals surface area contributed by atoms with Crippen LogP contribution in [0.15, 0.2) is 24.3 Å². The van der Waals surface area contributed by atoms with Gasteiger partial charge in [0.25, 0.3) is 0 Å². The number of hydrogen-bond acceptors (Lipinski definition) is 1. The van der Waals surface area contributed by atoms with Crippen LogP contribution in [0.4, 0.5) is 0 Å². The van der Waals surface area contributed by atoms with Crippen molar-refractivity contribution in [1.82, 2.24) is 0 Å². The van der Waals surface area contributed by atoms with Crippen molar-refractivity contribution >= 4 is 0 Å². The van der Waals surface area contributed by atoms with E-state index in [0.29, 0.717) is 0 Å². The van der Waals surface area contributed by atoms with Gasteiger partial charge >= 0.3 is 0 Å². The fourth-order valence-electron chi connectivity index (χ4n) is 2.15. The standard InChI is InChI=1S/C13H19N/c1-10-3-2-4-11(7-10)8-13(9-14)12-5-6-12/h2-4,7,12-13H,5-6,8-9,14H2,1H3. The highest BCUT2D eigenvalue weighted by molar-refractivity contribution is 5.22. The van der Waals surface area contributed by atoms with Crippen molar-refractivity contribution in [1.29, 1.82) is 0 Å². The third-order valence-corrected chi connectivity index (χ3v) is 3.17. The Bertz CT molecular complexity index is 302. The van der Waals surface area contributed by atoms with E-state index in [2.05, 4.69) is 31.2 Å². The maximum Gasteiger partial charge on any atom is -0.00430 e. The maximum absolute atomic E-state index is 5.80. The van der Waals surface area contributed by atoms with Gasteiger partial charge in [-0.25, -0.2) is 0 Å². The quantitative estimate of drug-likeness (QED) is 0.774. The molecule has 76 valence electrons. The van der Waals surface area contributed by atoms with E-state index in [4.69, 9.17) is 5.73 Å². The molecule has 0 amide bonds. The zero-order chi connectivity index (χ0) is 9.97. The fraction of sp³-hybridized carbons (Fsp3) is 0.538. The van der Waals surface area contributed by atoms with Crippen molar-refractivity contribution in [3.8, 4) is 0 Å². The van der Waals surface area contributed by atoms with Crippen LogP contribution >= 0.6 is 0 Å². The Labute approximate surface area is 86.3 Å². The van der Waals surface area contributed by atoms with Gasteiger partial charge in [-0.2, -0.15) is 0 Å². The molecule has 1 heteroatoms. The van der Waals surface area contributed by atoms with Crippen molar-refractivity contribution < 1.29 is 0 Å². The number of aryl methyl sites for hydroxylation is 1. The first-order chi connectivity index (χ1) is 6.79. The first-order valence-corrected chi connectivity index (χ1v) is 5.55. The molecule has 0 heterocycles. The minimum atomic E-state index is 0.719. The number of benzene rings is 1. The summed E-state index contributed by atoms with van der Waals surface area (Å²) in [6.07, 6.45) is 3.96. The molecule has 1 aliphatic carbocycles. The molecule has 1 aromatic rings. The van der Waals surface area contributed by atoms with Crippen LogP contribution in [-0.2, 0) is 6.42 Å². The summed E-state index contributed by atoms with van der Waals surface area (Å²) in [5.41, 5.74) is 8.61. The van der Waals surface area contributed by atoms with Crippen LogP contribution in [0.5, 0.6) is 0 Å². The van der Waals surface area contributed by atoms with Crippen LogP contribution in [0.3, 0.4) is 0 Å². The molecule has 0 aliphatic heterocycles. The van der Waals surface area contributed by atoms with Gasteiger partial charge in [-0.15, -0.1) is 0 Å². The summed E-state index contributed by atoms with van der Waals surface area (Å²) in [6, 6.07) is 8.80. The summed E-state index contributed by atoms with van der Waals surface area (Å²) >= 11 is 0. The Balaban J connectivity index is 2.01. The molecule has 1 aromatic carbocycles. The van der Waals surface area contributed by atoms with E-state index >= 15 is 0 Å². The molecule has 1 saturated carbocycles. The first kappa shape index (κ1) is 9.72. The second-order valence-corrected chi connectivity index (χ2v) is 4.53. The van der Waals surface area contributed by atoms with Gasteiger partial charge in [-0.3, -0.25) is 0 Å². The zero-order valence-corrected chi connectivity index (χ0v) is 8.87. The van der Waals surface area contributed by atoms with E-state index in [-0.39, 0.29) is 0 Å². The number of hydrogen-bond donors (Lipinski definition) is 1. The van der Waals surface area contributed by atoms with Crippen LogP contribution in [0.2, 0.25) is 0 Å². The van der Waals surface area contributed by atoms with E-state index in [1.54, 1.807) is 0 Å². The summed E-state index contributed by atoms with van der Waals surface area (Å²) in [5.74, 6) is 1.64. The van der Waals surface area contributed by atoms with Crippen LogP contribution in [0.1, 0.15) is 24.0 Å². The highest BCUT2D eigenvalue weighted by Gasteiger charge is 2.29. The van der Waals surface area contributed by atoms with Gasteiger partial charge < -0.3 is 5.73 Å². The molecule has 0 saturated heterocycles. The van der Waals surface area contributed by atoms with E-state index in [9.17, 15) is 0 Å². The predicted molar refractivity (Wildman–Crippen MR) is 60.2 cm³/mol. The number of rotatable bonds is 4. The molecule has 0 spiro atoms. The lowest BCUT2D eigenvalue weighted by molar-refractivity contribution is 0.471. The third-order valence-electron chi connectivity index (χ3n) is 3.17. The van der Waals surface area contributed by atoms with E-state index in [1.165, 1.54) is 30.4 Å². The summed E-state index contributed by atoms with van der Waals surface area (Å²) in [6.45, 7) is 3.00. The van der Waals surface area contributed by atoms with Crippen molar-refractivity contribution in [2.24, 2.45) is 17.6 Å². The normalized spacial score (nSPS) is 18.1. The van der Waals surface area contributed by atoms with Gasteiger partial charge in [-0.05, 0) is 50.1 Å². The van der Waals surface area contributed by atoms with Crippen LogP contribution in [0, 0.1) is 18.8 Å². The molecule has 2 N–H and O–H groups in total. The summed E-state index contributed by atoms with van der Waals surface area (Å²) in [5, 5.41) is 0. The molecular weight excluding hydrogens is 170 g/mol. The average Bonchev–Trinajstić information content (AvgIpc) is 2.97. The van der Waals surface area contributed by atoms with Gasteiger partial charge in [0.1, 0.15) is 0 Å². The average molecular weight is 189 g/mol. The van der Waals surface area contributed by atoms with Gasteiger partial charge in [-0.1, -0.05) is 29.8 Å². The lowest BCUT2D eigenvalue weighted by Crippen LogP contribution is -2.18. The summed E-state index contributed by atoms with van der Waals surface area (Å²) in [4.78, 5) is 0. The molecule has 1 nitrogen and oxygen atoms in total. The predicted octanol–water partition coefficient (Wildman–Crippen LogP) is 2.52. The molecule has 1 unspecified atom stereocenters. The minimum Gasteiger partial charge on any atom is -0.330 e. The highest BCUT2D eigenvalue weighted by Crippen LogP contribution is 2.37. The number of nitrogens with two attached hydrogens (primary N) is 1. The Morgan fingerprint density at radius 1 is 1.43 bits per heavy atom. The smallest absolute Gasteiger partial charge is 0.00430 e. The third kappa shape index (κ3) is 2.36. The molecule has 1 atom stereocenters. The molecule has 1 aliphatic rings. The van der Waals surface area contributed by atoms with E-state index in [0.717, 1.165) is 18.4 Å². The topological polar surface area (TPSA) is 26.0 Å². The van der Waals surface area contributed by atoms with Gasteiger partial charge in [0.05, 0.1) is 0 Å². The van der Waals surface area contributed by atoms with Crippen molar-refractivity contribution in [3.63, 3.8) is 0 Å². The van der Waals surface area contributed by atoms with Gasteiger partial charge in [0, 0.05) is 0 Å². The minimum absolute atomic E-state index is 0.719. The second kappa shape index (κ2) is 4.14. The monoisotopic (exact) mass is 189 g/mol. The fourth-order valence-corrected chi connectivity index (χ4v) is 2.15. The van der Waals surface area contributed by atoms with Crippen LogP contribution in [-0.4, -0.2) is 6.54 Å². The van der Waals surface area contributed by atoms with Crippen molar-refractivity contribution in [3.05, 3.63) is 35.4 Å². The molecule has 0 bridgehead atoms. The summed E-state index contributed by atoms with van der Waals surface area (Å²) in [7, 11) is 0. The lowest BCUT2D eigenvalue weighted by Gasteiger charge is -2.13. The first-order valence-electron chi connectivity index (χ1n) is 5.55. The van der Waals surface area contributed by atoms with Gasteiger partial charge in [0.2, 0.25) is 0 Å². The Hall–Kier alpha value is -0.820. The van der Waals surface area contributed by atoms with E-state index < -0.39 is 0 Å². The SMILES string of the molecule is Cc1cccc(CC(CN)C2CC2)c1. The highest BCUT2D eigenvalue weighted by atomic mass is 14.6.